The van der Waals surface area contributed by atoms with Crippen LogP contribution in [0.5, 0.6) is 11.5 Å². The van der Waals surface area contributed by atoms with Gasteiger partial charge in [0.1, 0.15) is 11.5 Å². The second-order valence-electron chi connectivity index (χ2n) is 5.58. The summed E-state index contributed by atoms with van der Waals surface area (Å²) >= 11 is 5.91. The third-order valence-corrected chi connectivity index (χ3v) is 4.05. The molecule has 128 valence electrons. The molecule has 0 aliphatic heterocycles. The van der Waals surface area contributed by atoms with E-state index in [2.05, 4.69) is 15.5 Å². The first-order valence-electron chi connectivity index (χ1n) is 7.87. The zero-order chi connectivity index (χ0) is 17.9. The molecule has 3 aromatic carbocycles. The lowest BCUT2D eigenvalue weighted by molar-refractivity contribution is 0.483. The molecule has 0 amide bonds. The van der Waals surface area contributed by atoms with Gasteiger partial charge < -0.3 is 10.5 Å². The van der Waals surface area contributed by atoms with Gasteiger partial charge in [0.05, 0.1) is 5.69 Å². The lowest BCUT2D eigenvalue weighted by atomic mass is 10.0. The van der Waals surface area contributed by atoms with Crippen LogP contribution in [0.25, 0.3) is 16.8 Å². The molecule has 6 nitrogen and oxygen atoms in total. The van der Waals surface area contributed by atoms with Crippen LogP contribution < -0.4 is 10.5 Å². The van der Waals surface area contributed by atoms with Gasteiger partial charge in [-0.05, 0) is 70.1 Å². The van der Waals surface area contributed by atoms with Crippen LogP contribution in [-0.2, 0) is 0 Å². The number of tetrazole rings is 1. The quantitative estimate of drug-likeness (QED) is 0.582. The Hall–Kier alpha value is -3.38. The van der Waals surface area contributed by atoms with Crippen molar-refractivity contribution in [3.63, 3.8) is 0 Å². The molecule has 7 heteroatoms. The highest BCUT2D eigenvalue weighted by atomic mass is 35.5. The smallest absolute Gasteiger partial charge is 0.245 e. The van der Waals surface area contributed by atoms with Crippen LogP contribution in [0.4, 0.5) is 5.95 Å². The molecule has 26 heavy (non-hydrogen) atoms. The summed E-state index contributed by atoms with van der Waals surface area (Å²) < 4.78 is 7.38. The van der Waals surface area contributed by atoms with Crippen molar-refractivity contribution in [2.24, 2.45) is 0 Å². The van der Waals surface area contributed by atoms with Crippen molar-refractivity contribution in [2.75, 3.05) is 5.73 Å². The van der Waals surface area contributed by atoms with Crippen LogP contribution in [0.1, 0.15) is 0 Å². The van der Waals surface area contributed by atoms with Crippen LogP contribution in [0.3, 0.4) is 0 Å². The minimum atomic E-state index is 0.238. The molecule has 0 fully saturated rings. The molecule has 0 aliphatic rings. The van der Waals surface area contributed by atoms with Gasteiger partial charge in [-0.1, -0.05) is 41.0 Å². The van der Waals surface area contributed by atoms with E-state index < -0.39 is 0 Å². The molecule has 0 saturated carbocycles. The van der Waals surface area contributed by atoms with Gasteiger partial charge in [0, 0.05) is 5.02 Å². The molecule has 0 bridgehead atoms. The van der Waals surface area contributed by atoms with E-state index in [1.807, 2.05) is 60.7 Å². The summed E-state index contributed by atoms with van der Waals surface area (Å²) in [5.41, 5.74) is 8.57. The van der Waals surface area contributed by atoms with E-state index in [1.165, 1.54) is 4.68 Å². The lowest BCUT2D eigenvalue weighted by Crippen LogP contribution is -2.02. The third kappa shape index (κ3) is 3.36. The number of hydrogen-bond donors (Lipinski definition) is 1. The number of anilines is 1. The van der Waals surface area contributed by atoms with Crippen molar-refractivity contribution in [1.29, 1.82) is 0 Å². The molecule has 0 atom stereocenters. The lowest BCUT2D eigenvalue weighted by Gasteiger charge is -2.09. The zero-order valence-corrected chi connectivity index (χ0v) is 14.3. The fourth-order valence-electron chi connectivity index (χ4n) is 2.57. The molecule has 1 heterocycles. The maximum atomic E-state index is 5.91. The molecular weight excluding hydrogens is 350 g/mol. The predicted molar refractivity (Wildman–Crippen MR) is 101 cm³/mol. The van der Waals surface area contributed by atoms with Gasteiger partial charge in [-0.2, -0.15) is 4.68 Å². The van der Waals surface area contributed by atoms with Crippen molar-refractivity contribution in [1.82, 2.24) is 20.2 Å². The number of halogens is 1. The van der Waals surface area contributed by atoms with E-state index in [4.69, 9.17) is 22.1 Å². The Labute approximate surface area is 154 Å². The average Bonchev–Trinajstić information content (AvgIpc) is 3.10. The standard InChI is InChI=1S/C19H14ClN5O/c20-15-7-9-17(10-8-15)26-18-6-2-4-14(12-18)13-3-1-5-16(11-13)25-19(21)22-23-24-25/h1-12H,(H2,21,22,24). The van der Waals surface area contributed by atoms with Gasteiger partial charge in [0.2, 0.25) is 5.95 Å². The largest absolute Gasteiger partial charge is 0.457 e. The molecule has 0 spiro atoms. The van der Waals surface area contributed by atoms with E-state index in [9.17, 15) is 0 Å². The number of rotatable bonds is 4. The highest BCUT2D eigenvalue weighted by Crippen LogP contribution is 2.29. The maximum Gasteiger partial charge on any atom is 0.245 e. The number of hydrogen-bond acceptors (Lipinski definition) is 5. The van der Waals surface area contributed by atoms with Gasteiger partial charge in [-0.15, -0.1) is 0 Å². The second kappa shape index (κ2) is 6.85. The Balaban J connectivity index is 1.64. The number of nitrogens with two attached hydrogens (primary N) is 1. The topological polar surface area (TPSA) is 78.9 Å². The highest BCUT2D eigenvalue weighted by molar-refractivity contribution is 6.30. The Kier molecular flexibility index (Phi) is 4.25. The number of aromatic nitrogens is 4. The Bertz CT molecular complexity index is 1050. The minimum absolute atomic E-state index is 0.238. The summed E-state index contributed by atoms with van der Waals surface area (Å²) in [5, 5.41) is 11.9. The average molecular weight is 364 g/mol. The second-order valence-corrected chi connectivity index (χ2v) is 6.02. The number of benzene rings is 3. The normalized spacial score (nSPS) is 10.7. The van der Waals surface area contributed by atoms with Crippen molar-refractivity contribution in [2.45, 2.75) is 0 Å². The summed E-state index contributed by atoms with van der Waals surface area (Å²) in [6, 6.07) is 22.9. The Morgan fingerprint density at radius 1 is 0.846 bits per heavy atom. The maximum absolute atomic E-state index is 5.91. The van der Waals surface area contributed by atoms with Gasteiger partial charge in [-0.25, -0.2) is 0 Å². The molecule has 2 N–H and O–H groups in total. The third-order valence-electron chi connectivity index (χ3n) is 3.80. The first-order valence-corrected chi connectivity index (χ1v) is 8.25. The van der Waals surface area contributed by atoms with Crippen molar-refractivity contribution >= 4 is 17.5 Å². The minimum Gasteiger partial charge on any atom is -0.457 e. The van der Waals surface area contributed by atoms with Crippen molar-refractivity contribution < 1.29 is 4.74 Å². The van der Waals surface area contributed by atoms with Gasteiger partial charge in [-0.3, -0.25) is 0 Å². The van der Waals surface area contributed by atoms with E-state index in [-0.39, 0.29) is 5.95 Å². The number of nitrogen functional groups attached to an aromatic ring is 1. The number of ether oxygens (including phenoxy) is 1. The first kappa shape index (κ1) is 16.1. The summed E-state index contributed by atoms with van der Waals surface area (Å²) in [5.74, 6) is 1.70. The summed E-state index contributed by atoms with van der Waals surface area (Å²) in [6.45, 7) is 0. The summed E-state index contributed by atoms with van der Waals surface area (Å²) in [7, 11) is 0. The van der Waals surface area contributed by atoms with Crippen LogP contribution in [0, 0.1) is 0 Å². The van der Waals surface area contributed by atoms with Crippen LogP contribution >= 0.6 is 11.6 Å². The highest BCUT2D eigenvalue weighted by Gasteiger charge is 2.07. The van der Waals surface area contributed by atoms with Crippen molar-refractivity contribution in [3.05, 3.63) is 77.8 Å². The molecular formula is C19H14ClN5O. The SMILES string of the molecule is Nc1nnnn1-c1cccc(-c2cccc(Oc3ccc(Cl)cc3)c2)c1. The molecule has 0 unspecified atom stereocenters. The molecule has 0 radical (unpaired) electrons. The van der Waals surface area contributed by atoms with Crippen LogP contribution in [0.2, 0.25) is 5.02 Å². The van der Waals surface area contributed by atoms with Crippen LogP contribution in [-0.4, -0.2) is 20.2 Å². The molecule has 1 aromatic heterocycles. The molecule has 0 saturated heterocycles. The van der Waals surface area contributed by atoms with Crippen LogP contribution in [0.15, 0.2) is 72.8 Å². The Morgan fingerprint density at radius 3 is 2.31 bits per heavy atom. The fourth-order valence-corrected chi connectivity index (χ4v) is 2.70. The monoisotopic (exact) mass is 363 g/mol. The van der Waals surface area contributed by atoms with E-state index in [0.29, 0.717) is 5.02 Å². The molecule has 4 rings (SSSR count). The van der Waals surface area contributed by atoms with Gasteiger partial charge in [0.15, 0.2) is 0 Å². The van der Waals surface area contributed by atoms with E-state index in [0.717, 1.165) is 28.3 Å². The predicted octanol–water partition coefficient (Wildman–Crippen LogP) is 4.36. The fraction of sp³-hybridized carbons (Fsp3) is 0. The first-order chi connectivity index (χ1) is 12.7. The van der Waals surface area contributed by atoms with E-state index >= 15 is 0 Å². The van der Waals surface area contributed by atoms with Crippen molar-refractivity contribution in [3.8, 4) is 28.3 Å². The van der Waals surface area contributed by atoms with E-state index in [1.54, 1.807) is 12.1 Å². The summed E-state index contributed by atoms with van der Waals surface area (Å²) in [4.78, 5) is 0. The van der Waals surface area contributed by atoms with Gasteiger partial charge >= 0.3 is 0 Å². The molecule has 4 aromatic rings. The zero-order valence-electron chi connectivity index (χ0n) is 13.6. The van der Waals surface area contributed by atoms with Gasteiger partial charge in [0.25, 0.3) is 0 Å². The Morgan fingerprint density at radius 2 is 1.58 bits per heavy atom. The number of nitrogens with zero attached hydrogens (tertiary/aromatic N) is 4. The summed E-state index contributed by atoms with van der Waals surface area (Å²) in [6.07, 6.45) is 0. The molecule has 0 aliphatic carbocycles.